The molecular weight excluding hydrogens is 136 g/mol. The summed E-state index contributed by atoms with van der Waals surface area (Å²) in [5, 5.41) is 3.00. The van der Waals surface area contributed by atoms with Crippen LogP contribution in [0.15, 0.2) is 0 Å². The minimum atomic E-state index is -2.32. The van der Waals surface area contributed by atoms with Crippen LogP contribution in [-0.4, -0.2) is 19.0 Å². The molecule has 0 unspecified atom stereocenters. The van der Waals surface area contributed by atoms with E-state index in [1.165, 1.54) is 0 Å². The Hall–Kier alpha value is -0.180. The van der Waals surface area contributed by atoms with Crippen LogP contribution in [0.2, 0.25) is 0 Å². The maximum atomic E-state index is 12.5. The molecule has 2 saturated carbocycles. The molecular formula is C7H11F2N. The first kappa shape index (κ1) is 6.53. The summed E-state index contributed by atoms with van der Waals surface area (Å²) < 4.78 is 25.0. The molecule has 0 aromatic carbocycles. The molecule has 58 valence electrons. The van der Waals surface area contributed by atoms with Crippen molar-refractivity contribution in [2.45, 2.75) is 31.2 Å². The first-order valence-corrected chi connectivity index (χ1v) is 3.65. The SMILES string of the molecule is CNC1CC2(C1)CC2(F)F. The fourth-order valence-electron chi connectivity index (χ4n) is 1.91. The summed E-state index contributed by atoms with van der Waals surface area (Å²) in [5.41, 5.74) is -0.555. The van der Waals surface area contributed by atoms with Gasteiger partial charge < -0.3 is 5.32 Å². The Balaban J connectivity index is 1.92. The van der Waals surface area contributed by atoms with Gasteiger partial charge in [-0.1, -0.05) is 0 Å². The second kappa shape index (κ2) is 1.52. The lowest BCUT2D eigenvalue weighted by atomic mass is 9.76. The molecule has 2 aliphatic rings. The summed E-state index contributed by atoms with van der Waals surface area (Å²) in [5.74, 6) is -2.32. The van der Waals surface area contributed by atoms with E-state index in [9.17, 15) is 8.78 Å². The molecule has 10 heavy (non-hydrogen) atoms. The zero-order valence-electron chi connectivity index (χ0n) is 5.95. The Bertz CT molecular complexity index is 161. The number of hydrogen-bond acceptors (Lipinski definition) is 1. The molecule has 0 bridgehead atoms. The summed E-state index contributed by atoms with van der Waals surface area (Å²) in [6.07, 6.45) is 1.49. The zero-order valence-corrected chi connectivity index (χ0v) is 5.95. The largest absolute Gasteiger partial charge is 0.317 e. The number of hydrogen-bond donors (Lipinski definition) is 1. The van der Waals surface area contributed by atoms with Crippen LogP contribution in [0.4, 0.5) is 8.78 Å². The summed E-state index contributed by atoms with van der Waals surface area (Å²) in [4.78, 5) is 0. The van der Waals surface area contributed by atoms with Crippen molar-refractivity contribution >= 4 is 0 Å². The monoisotopic (exact) mass is 147 g/mol. The van der Waals surface area contributed by atoms with E-state index in [0.29, 0.717) is 18.9 Å². The van der Waals surface area contributed by atoms with Crippen molar-refractivity contribution in [3.8, 4) is 0 Å². The Morgan fingerprint density at radius 2 is 1.90 bits per heavy atom. The van der Waals surface area contributed by atoms with Gasteiger partial charge in [0.15, 0.2) is 0 Å². The molecule has 1 N–H and O–H groups in total. The van der Waals surface area contributed by atoms with Crippen molar-refractivity contribution in [1.82, 2.24) is 5.32 Å². The van der Waals surface area contributed by atoms with Gasteiger partial charge in [-0.15, -0.1) is 0 Å². The highest BCUT2D eigenvalue weighted by molar-refractivity contribution is 5.18. The lowest BCUT2D eigenvalue weighted by molar-refractivity contribution is 0.0157. The molecule has 0 saturated heterocycles. The first-order chi connectivity index (χ1) is 4.60. The average Bonchev–Trinajstić information content (AvgIpc) is 2.30. The molecule has 0 amide bonds. The van der Waals surface area contributed by atoms with Gasteiger partial charge in [0.1, 0.15) is 0 Å². The molecule has 1 nitrogen and oxygen atoms in total. The van der Waals surface area contributed by atoms with Crippen LogP contribution in [0.25, 0.3) is 0 Å². The minimum Gasteiger partial charge on any atom is -0.317 e. The summed E-state index contributed by atoms with van der Waals surface area (Å²) >= 11 is 0. The van der Waals surface area contributed by atoms with Crippen molar-refractivity contribution in [3.63, 3.8) is 0 Å². The van der Waals surface area contributed by atoms with Crippen molar-refractivity contribution in [3.05, 3.63) is 0 Å². The molecule has 2 aliphatic carbocycles. The summed E-state index contributed by atoms with van der Waals surface area (Å²) in [7, 11) is 1.83. The average molecular weight is 147 g/mol. The quantitative estimate of drug-likeness (QED) is 0.591. The second-order valence-electron chi connectivity index (χ2n) is 3.56. The third-order valence-electron chi connectivity index (χ3n) is 2.89. The molecule has 0 atom stereocenters. The number of rotatable bonds is 1. The molecule has 2 rings (SSSR count). The lowest BCUT2D eigenvalue weighted by Gasteiger charge is -2.35. The van der Waals surface area contributed by atoms with Gasteiger partial charge in [-0.05, 0) is 19.9 Å². The van der Waals surface area contributed by atoms with Gasteiger partial charge in [0, 0.05) is 17.9 Å². The number of alkyl halides is 2. The van der Waals surface area contributed by atoms with E-state index in [-0.39, 0.29) is 6.42 Å². The maximum absolute atomic E-state index is 12.5. The van der Waals surface area contributed by atoms with Crippen molar-refractivity contribution in [2.75, 3.05) is 7.05 Å². The molecule has 0 aromatic heterocycles. The fourth-order valence-corrected chi connectivity index (χ4v) is 1.91. The van der Waals surface area contributed by atoms with Gasteiger partial charge in [0.25, 0.3) is 5.92 Å². The maximum Gasteiger partial charge on any atom is 0.254 e. The molecule has 0 aliphatic heterocycles. The van der Waals surface area contributed by atoms with E-state index < -0.39 is 11.3 Å². The standard InChI is InChI=1S/C7H11F2N/c1-10-5-2-6(3-5)4-7(6,8)9/h5,10H,2-4H2,1H3. The highest BCUT2D eigenvalue weighted by Gasteiger charge is 2.75. The normalized spacial score (nSPS) is 48.9. The fraction of sp³-hybridized carbons (Fsp3) is 1.00. The van der Waals surface area contributed by atoms with Crippen LogP contribution >= 0.6 is 0 Å². The van der Waals surface area contributed by atoms with Gasteiger partial charge >= 0.3 is 0 Å². The van der Waals surface area contributed by atoms with E-state index >= 15 is 0 Å². The molecule has 2 fully saturated rings. The summed E-state index contributed by atoms with van der Waals surface area (Å²) in [6, 6.07) is 0.355. The van der Waals surface area contributed by atoms with E-state index in [1.807, 2.05) is 7.05 Å². The number of nitrogens with one attached hydrogen (secondary N) is 1. The highest BCUT2D eigenvalue weighted by atomic mass is 19.3. The van der Waals surface area contributed by atoms with Crippen molar-refractivity contribution in [2.24, 2.45) is 5.41 Å². The van der Waals surface area contributed by atoms with Crippen LogP contribution in [0.5, 0.6) is 0 Å². The minimum absolute atomic E-state index is 0.137. The third kappa shape index (κ3) is 0.590. The third-order valence-corrected chi connectivity index (χ3v) is 2.89. The first-order valence-electron chi connectivity index (χ1n) is 3.65. The van der Waals surface area contributed by atoms with Gasteiger partial charge in [-0.3, -0.25) is 0 Å². The van der Waals surface area contributed by atoms with Gasteiger partial charge in [-0.25, -0.2) is 8.78 Å². The topological polar surface area (TPSA) is 12.0 Å². The zero-order chi connectivity index (χ0) is 7.41. The van der Waals surface area contributed by atoms with Crippen molar-refractivity contribution in [1.29, 1.82) is 0 Å². The molecule has 0 aromatic rings. The summed E-state index contributed by atoms with van der Waals surface area (Å²) in [6.45, 7) is 0. The second-order valence-corrected chi connectivity index (χ2v) is 3.56. The predicted molar refractivity (Wildman–Crippen MR) is 34.1 cm³/mol. The van der Waals surface area contributed by atoms with Crippen molar-refractivity contribution < 1.29 is 8.78 Å². The van der Waals surface area contributed by atoms with Crippen LogP contribution < -0.4 is 5.32 Å². The Morgan fingerprint density at radius 1 is 1.40 bits per heavy atom. The number of halogens is 2. The Labute approximate surface area is 58.8 Å². The Kier molecular flexibility index (Phi) is 0.994. The smallest absolute Gasteiger partial charge is 0.254 e. The van der Waals surface area contributed by atoms with Crippen LogP contribution in [0, 0.1) is 5.41 Å². The van der Waals surface area contributed by atoms with Crippen LogP contribution in [0.3, 0.4) is 0 Å². The molecule has 3 heteroatoms. The van der Waals surface area contributed by atoms with Gasteiger partial charge in [-0.2, -0.15) is 0 Å². The van der Waals surface area contributed by atoms with Gasteiger partial charge in [0.05, 0.1) is 0 Å². The van der Waals surface area contributed by atoms with E-state index in [0.717, 1.165) is 0 Å². The molecule has 1 spiro atoms. The highest BCUT2D eigenvalue weighted by Crippen LogP contribution is 2.70. The van der Waals surface area contributed by atoms with Crippen LogP contribution in [0.1, 0.15) is 19.3 Å². The van der Waals surface area contributed by atoms with E-state index in [4.69, 9.17) is 0 Å². The van der Waals surface area contributed by atoms with E-state index in [2.05, 4.69) is 5.32 Å². The predicted octanol–water partition coefficient (Wildman–Crippen LogP) is 1.39. The molecule has 0 heterocycles. The van der Waals surface area contributed by atoms with Gasteiger partial charge in [0.2, 0.25) is 0 Å². The van der Waals surface area contributed by atoms with E-state index in [1.54, 1.807) is 0 Å². The van der Waals surface area contributed by atoms with Crippen LogP contribution in [-0.2, 0) is 0 Å². The molecule has 0 radical (unpaired) electrons. The lowest BCUT2D eigenvalue weighted by Crippen LogP contribution is -2.42. The Morgan fingerprint density at radius 3 is 2.20 bits per heavy atom.